The fraction of sp³-hybridized carbons (Fsp3) is 0.0500. The predicted molar refractivity (Wildman–Crippen MR) is 103 cm³/mol. The highest BCUT2D eigenvalue weighted by Gasteiger charge is 2.12. The fourth-order valence-corrected chi connectivity index (χ4v) is 2.36. The van der Waals surface area contributed by atoms with Crippen molar-refractivity contribution in [2.45, 2.75) is 0 Å². The van der Waals surface area contributed by atoms with Crippen LogP contribution in [0.2, 0.25) is 0 Å². The predicted octanol–water partition coefficient (Wildman–Crippen LogP) is 4.16. The van der Waals surface area contributed by atoms with Gasteiger partial charge in [0.1, 0.15) is 34.5 Å². The minimum atomic E-state index is -0.877. The van der Waals surface area contributed by atoms with Crippen molar-refractivity contribution >= 4 is 23.3 Å². The molecule has 1 heterocycles. The van der Waals surface area contributed by atoms with Gasteiger partial charge in [0.05, 0.1) is 0 Å². The zero-order valence-electron chi connectivity index (χ0n) is 15.2. The zero-order valence-corrected chi connectivity index (χ0v) is 15.2. The Bertz CT molecular complexity index is 1020. The molecule has 0 bridgehead atoms. The highest BCUT2D eigenvalue weighted by atomic mass is 19.1. The summed E-state index contributed by atoms with van der Waals surface area (Å²) < 4.78 is 32.8. The second kappa shape index (κ2) is 8.79. The number of halogens is 2. The summed E-state index contributed by atoms with van der Waals surface area (Å²) in [4.78, 5) is 27.5. The van der Waals surface area contributed by atoms with Crippen molar-refractivity contribution in [3.63, 3.8) is 0 Å². The average Bonchev–Trinajstić information content (AvgIpc) is 2.72. The molecule has 3 aromatic rings. The van der Waals surface area contributed by atoms with E-state index in [4.69, 9.17) is 4.74 Å². The number of hydrogen-bond donors (Lipinski definition) is 3. The van der Waals surface area contributed by atoms with Crippen molar-refractivity contribution in [2.24, 2.45) is 0 Å². The van der Waals surface area contributed by atoms with Crippen LogP contribution in [0.1, 0.15) is 10.5 Å². The molecule has 0 fully saturated rings. The van der Waals surface area contributed by atoms with Crippen molar-refractivity contribution in [1.82, 2.24) is 10.3 Å². The first kappa shape index (κ1) is 19.7. The molecule has 0 saturated heterocycles. The molecule has 2 aromatic carbocycles. The monoisotopic (exact) mass is 398 g/mol. The molecule has 0 unspecified atom stereocenters. The molecule has 0 aliphatic heterocycles. The van der Waals surface area contributed by atoms with Crippen molar-refractivity contribution in [3.05, 3.63) is 78.1 Å². The smallest absolute Gasteiger partial charge is 0.323 e. The van der Waals surface area contributed by atoms with Gasteiger partial charge in [-0.05, 0) is 42.5 Å². The maximum Gasteiger partial charge on any atom is 0.323 e. The molecule has 3 amide bonds. The van der Waals surface area contributed by atoms with Gasteiger partial charge in [-0.2, -0.15) is 0 Å². The normalized spacial score (nSPS) is 10.2. The van der Waals surface area contributed by atoms with Gasteiger partial charge < -0.3 is 20.7 Å². The largest absolute Gasteiger partial charge is 0.457 e. The minimum absolute atomic E-state index is 0.209. The summed E-state index contributed by atoms with van der Waals surface area (Å²) in [6.45, 7) is 0. The third-order valence-electron chi connectivity index (χ3n) is 3.74. The van der Waals surface area contributed by atoms with Gasteiger partial charge in [0.15, 0.2) is 0 Å². The lowest BCUT2D eigenvalue weighted by Gasteiger charge is -2.10. The molecule has 7 nitrogen and oxygen atoms in total. The Balaban J connectivity index is 1.63. The molecule has 1 aromatic heterocycles. The zero-order chi connectivity index (χ0) is 20.8. The molecule has 0 aliphatic rings. The highest BCUT2D eigenvalue weighted by molar-refractivity contribution is 5.99. The Morgan fingerprint density at radius 3 is 2.28 bits per heavy atom. The molecule has 3 rings (SSSR count). The van der Waals surface area contributed by atoms with Crippen LogP contribution in [-0.2, 0) is 0 Å². The summed E-state index contributed by atoms with van der Waals surface area (Å²) in [7, 11) is 1.50. The molecule has 0 atom stereocenters. The molecular weight excluding hydrogens is 382 g/mol. The number of nitrogens with one attached hydrogen (secondary N) is 3. The van der Waals surface area contributed by atoms with Gasteiger partial charge in [0.25, 0.3) is 5.91 Å². The van der Waals surface area contributed by atoms with Crippen molar-refractivity contribution in [2.75, 3.05) is 17.7 Å². The number of para-hydroxylation sites is 1. The van der Waals surface area contributed by atoms with E-state index in [1.54, 1.807) is 30.3 Å². The first-order valence-electron chi connectivity index (χ1n) is 8.44. The number of urea groups is 1. The SMILES string of the molecule is CNC(=O)c1cc(Oc2ccc(NC(=O)Nc3c(F)cccc3F)cc2)ccn1. The fourth-order valence-electron chi connectivity index (χ4n) is 2.36. The maximum absolute atomic E-state index is 13.6. The van der Waals surface area contributed by atoms with Gasteiger partial charge in [-0.1, -0.05) is 6.07 Å². The summed E-state index contributed by atoms with van der Waals surface area (Å²) in [5.41, 5.74) is 0.0577. The Morgan fingerprint density at radius 2 is 1.62 bits per heavy atom. The third-order valence-corrected chi connectivity index (χ3v) is 3.74. The number of anilines is 2. The number of ether oxygens (including phenoxy) is 1. The summed E-state index contributed by atoms with van der Waals surface area (Å²) >= 11 is 0. The molecule has 0 radical (unpaired) electrons. The van der Waals surface area contributed by atoms with Crippen LogP contribution in [0.4, 0.5) is 25.0 Å². The lowest BCUT2D eigenvalue weighted by molar-refractivity contribution is 0.0958. The number of amides is 3. The number of carbonyl (C=O) groups excluding carboxylic acids is 2. The van der Waals surface area contributed by atoms with Crippen LogP contribution in [0.15, 0.2) is 60.8 Å². The van der Waals surface area contributed by atoms with Gasteiger partial charge >= 0.3 is 6.03 Å². The molecule has 9 heteroatoms. The molecule has 0 saturated carbocycles. The topological polar surface area (TPSA) is 92.4 Å². The van der Waals surface area contributed by atoms with Gasteiger partial charge in [-0.3, -0.25) is 9.78 Å². The Hall–Kier alpha value is -4.01. The Labute approximate surface area is 164 Å². The molecule has 148 valence electrons. The van der Waals surface area contributed by atoms with E-state index in [9.17, 15) is 18.4 Å². The van der Waals surface area contributed by atoms with Crippen LogP contribution in [0.25, 0.3) is 0 Å². The van der Waals surface area contributed by atoms with E-state index < -0.39 is 23.4 Å². The first-order valence-corrected chi connectivity index (χ1v) is 8.44. The van der Waals surface area contributed by atoms with E-state index in [2.05, 4.69) is 20.9 Å². The highest BCUT2D eigenvalue weighted by Crippen LogP contribution is 2.24. The molecule has 0 spiro atoms. The van der Waals surface area contributed by atoms with E-state index >= 15 is 0 Å². The van der Waals surface area contributed by atoms with Crippen LogP contribution in [0, 0.1) is 11.6 Å². The van der Waals surface area contributed by atoms with Crippen LogP contribution in [-0.4, -0.2) is 24.0 Å². The lowest BCUT2D eigenvalue weighted by atomic mass is 10.3. The van der Waals surface area contributed by atoms with Gasteiger partial charge in [-0.25, -0.2) is 13.6 Å². The molecule has 0 aliphatic carbocycles. The number of carbonyl (C=O) groups is 2. The number of aromatic nitrogens is 1. The van der Waals surface area contributed by atoms with E-state index in [1.165, 1.54) is 25.4 Å². The number of benzene rings is 2. The van der Waals surface area contributed by atoms with Crippen LogP contribution < -0.4 is 20.7 Å². The van der Waals surface area contributed by atoms with Crippen LogP contribution in [0.3, 0.4) is 0 Å². The number of pyridine rings is 1. The standard InChI is InChI=1S/C20H16F2N4O3/c1-23-19(27)17-11-14(9-10-24-17)29-13-7-5-12(6-8-13)25-20(28)26-18-15(21)3-2-4-16(18)22/h2-11H,1H3,(H,23,27)(H2,25,26,28). The average molecular weight is 398 g/mol. The Morgan fingerprint density at radius 1 is 0.931 bits per heavy atom. The van der Waals surface area contributed by atoms with Gasteiger partial charge in [-0.15, -0.1) is 0 Å². The van der Waals surface area contributed by atoms with E-state index in [0.29, 0.717) is 17.2 Å². The van der Waals surface area contributed by atoms with E-state index in [1.807, 2.05) is 0 Å². The minimum Gasteiger partial charge on any atom is -0.457 e. The van der Waals surface area contributed by atoms with Gasteiger partial charge in [0.2, 0.25) is 0 Å². The van der Waals surface area contributed by atoms with E-state index in [-0.39, 0.29) is 11.6 Å². The third kappa shape index (κ3) is 5.04. The maximum atomic E-state index is 13.6. The van der Waals surface area contributed by atoms with Crippen molar-refractivity contribution in [1.29, 1.82) is 0 Å². The first-order chi connectivity index (χ1) is 14.0. The molecule has 3 N–H and O–H groups in total. The second-order valence-corrected chi connectivity index (χ2v) is 5.76. The molecular formula is C20H16F2N4O3. The van der Waals surface area contributed by atoms with Crippen molar-refractivity contribution < 1.29 is 23.1 Å². The quantitative estimate of drug-likeness (QED) is 0.602. The second-order valence-electron chi connectivity index (χ2n) is 5.76. The summed E-state index contributed by atoms with van der Waals surface area (Å²) in [6.07, 6.45) is 1.45. The summed E-state index contributed by atoms with van der Waals surface area (Å²) in [6, 6.07) is 11.8. The number of hydrogen-bond acceptors (Lipinski definition) is 4. The number of nitrogens with zero attached hydrogens (tertiary/aromatic N) is 1. The van der Waals surface area contributed by atoms with Crippen molar-refractivity contribution in [3.8, 4) is 11.5 Å². The van der Waals surface area contributed by atoms with Gasteiger partial charge in [0, 0.05) is 25.0 Å². The van der Waals surface area contributed by atoms with Crippen LogP contribution >= 0.6 is 0 Å². The van der Waals surface area contributed by atoms with E-state index in [0.717, 1.165) is 12.1 Å². The molecule has 29 heavy (non-hydrogen) atoms. The number of rotatable bonds is 5. The summed E-state index contributed by atoms with van der Waals surface area (Å²) in [5.74, 6) is -1.24. The van der Waals surface area contributed by atoms with Crippen LogP contribution in [0.5, 0.6) is 11.5 Å². The summed E-state index contributed by atoms with van der Waals surface area (Å²) in [5, 5.41) is 7.07. The lowest BCUT2D eigenvalue weighted by Crippen LogP contribution is -2.20. The Kier molecular flexibility index (Phi) is 5.98.